The van der Waals surface area contributed by atoms with Gasteiger partial charge in [0.2, 0.25) is 0 Å². The summed E-state index contributed by atoms with van der Waals surface area (Å²) < 4.78 is 1.16. The molecular formula is C10H12BrN. The molecule has 1 saturated carbocycles. The second-order valence-electron chi connectivity index (χ2n) is 3.80. The molecule has 1 aromatic carbocycles. The maximum absolute atomic E-state index is 5.66. The highest BCUT2D eigenvalue weighted by Gasteiger charge is 2.40. The Morgan fingerprint density at radius 2 is 2.08 bits per heavy atom. The maximum atomic E-state index is 5.66. The second-order valence-corrected chi connectivity index (χ2v) is 4.65. The molecule has 2 rings (SSSR count). The van der Waals surface area contributed by atoms with Crippen molar-refractivity contribution in [1.82, 2.24) is 0 Å². The Balaban J connectivity index is 2.45. The molecule has 64 valence electrons. The molecule has 12 heavy (non-hydrogen) atoms. The number of nitrogens with two attached hydrogens (primary N) is 1. The number of halogens is 1. The molecular weight excluding hydrogens is 214 g/mol. The fourth-order valence-corrected chi connectivity index (χ4v) is 2.35. The molecule has 2 heteroatoms. The van der Waals surface area contributed by atoms with Crippen LogP contribution in [0.1, 0.15) is 25.3 Å². The van der Waals surface area contributed by atoms with Crippen molar-refractivity contribution in [1.29, 1.82) is 0 Å². The molecule has 0 aliphatic heterocycles. The third-order valence-corrected chi connectivity index (χ3v) is 3.30. The molecule has 0 amide bonds. The average Bonchev–Trinajstić information content (AvgIpc) is 2.68. The van der Waals surface area contributed by atoms with Gasteiger partial charge in [-0.3, -0.25) is 0 Å². The minimum Gasteiger partial charge on any atom is -0.399 e. The van der Waals surface area contributed by atoms with Gasteiger partial charge in [-0.25, -0.2) is 0 Å². The van der Waals surface area contributed by atoms with Crippen LogP contribution in [0.4, 0.5) is 5.69 Å². The Labute approximate surface area is 81.1 Å². The summed E-state index contributed by atoms with van der Waals surface area (Å²) in [4.78, 5) is 0. The normalized spacial score (nSPS) is 19.2. The fraction of sp³-hybridized carbons (Fsp3) is 0.400. The third-order valence-electron chi connectivity index (χ3n) is 2.64. The fourth-order valence-electron chi connectivity index (χ4n) is 1.48. The van der Waals surface area contributed by atoms with Crippen LogP contribution in [0.3, 0.4) is 0 Å². The predicted octanol–water partition coefficient (Wildman–Crippen LogP) is 3.08. The second kappa shape index (κ2) is 2.49. The quantitative estimate of drug-likeness (QED) is 0.731. The van der Waals surface area contributed by atoms with Crippen LogP contribution in [0.25, 0.3) is 0 Å². The van der Waals surface area contributed by atoms with Gasteiger partial charge in [0.05, 0.1) is 0 Å². The first-order valence-corrected chi connectivity index (χ1v) is 4.97. The van der Waals surface area contributed by atoms with Crippen LogP contribution >= 0.6 is 15.9 Å². The van der Waals surface area contributed by atoms with Gasteiger partial charge in [-0.05, 0) is 36.0 Å². The molecule has 1 nitrogen and oxygen atoms in total. The van der Waals surface area contributed by atoms with Gasteiger partial charge in [-0.1, -0.05) is 28.9 Å². The van der Waals surface area contributed by atoms with Crippen LogP contribution in [0.15, 0.2) is 22.7 Å². The van der Waals surface area contributed by atoms with Crippen molar-refractivity contribution in [2.75, 3.05) is 5.73 Å². The first kappa shape index (κ1) is 8.11. The molecule has 1 fully saturated rings. The van der Waals surface area contributed by atoms with Crippen molar-refractivity contribution in [2.45, 2.75) is 25.2 Å². The lowest BCUT2D eigenvalue weighted by molar-refractivity contribution is 0.783. The average molecular weight is 226 g/mol. The van der Waals surface area contributed by atoms with Crippen molar-refractivity contribution in [2.24, 2.45) is 0 Å². The van der Waals surface area contributed by atoms with E-state index in [4.69, 9.17) is 5.73 Å². The Hall–Kier alpha value is -0.500. The Bertz CT molecular complexity index is 316. The zero-order valence-corrected chi connectivity index (χ0v) is 8.69. The summed E-state index contributed by atoms with van der Waals surface area (Å²) >= 11 is 3.54. The van der Waals surface area contributed by atoms with E-state index in [9.17, 15) is 0 Å². The number of rotatable bonds is 1. The van der Waals surface area contributed by atoms with E-state index in [-0.39, 0.29) is 0 Å². The smallest absolute Gasteiger partial charge is 0.0325 e. The molecule has 2 N–H and O–H groups in total. The van der Waals surface area contributed by atoms with Crippen LogP contribution in [-0.2, 0) is 5.41 Å². The molecule has 0 aromatic heterocycles. The minimum atomic E-state index is 0.423. The van der Waals surface area contributed by atoms with Gasteiger partial charge in [0.25, 0.3) is 0 Å². The van der Waals surface area contributed by atoms with Crippen LogP contribution in [0.2, 0.25) is 0 Å². The van der Waals surface area contributed by atoms with Crippen LogP contribution in [0, 0.1) is 0 Å². The van der Waals surface area contributed by atoms with Gasteiger partial charge >= 0.3 is 0 Å². The van der Waals surface area contributed by atoms with Gasteiger partial charge in [0.15, 0.2) is 0 Å². The number of hydrogen-bond donors (Lipinski definition) is 1. The lowest BCUT2D eigenvalue weighted by Crippen LogP contribution is -2.01. The summed E-state index contributed by atoms with van der Waals surface area (Å²) in [5.74, 6) is 0. The van der Waals surface area contributed by atoms with Crippen LogP contribution in [-0.4, -0.2) is 0 Å². The zero-order chi connectivity index (χ0) is 8.77. The van der Waals surface area contributed by atoms with Crippen molar-refractivity contribution >= 4 is 21.6 Å². The largest absolute Gasteiger partial charge is 0.399 e. The predicted molar refractivity (Wildman–Crippen MR) is 55.1 cm³/mol. The van der Waals surface area contributed by atoms with Crippen molar-refractivity contribution in [3.05, 3.63) is 28.2 Å². The standard InChI is InChI=1S/C10H12BrN/c1-10(4-5-10)8-3-2-7(12)6-9(8)11/h2-3,6H,4-5,12H2,1H3. The Kier molecular flexibility index (Phi) is 1.69. The number of benzene rings is 1. The Morgan fingerprint density at radius 3 is 2.58 bits per heavy atom. The van der Waals surface area contributed by atoms with E-state index >= 15 is 0 Å². The highest BCUT2D eigenvalue weighted by Crippen LogP contribution is 2.50. The topological polar surface area (TPSA) is 26.0 Å². The zero-order valence-electron chi connectivity index (χ0n) is 7.10. The summed E-state index contributed by atoms with van der Waals surface area (Å²) in [6.45, 7) is 2.29. The van der Waals surface area contributed by atoms with E-state index in [0.29, 0.717) is 5.41 Å². The van der Waals surface area contributed by atoms with Gasteiger partial charge in [-0.15, -0.1) is 0 Å². The molecule has 0 bridgehead atoms. The van der Waals surface area contributed by atoms with E-state index < -0.39 is 0 Å². The summed E-state index contributed by atoms with van der Waals surface area (Å²) in [6.07, 6.45) is 2.60. The lowest BCUT2D eigenvalue weighted by Gasteiger charge is -2.11. The van der Waals surface area contributed by atoms with Gasteiger partial charge < -0.3 is 5.73 Å². The summed E-state index contributed by atoms with van der Waals surface area (Å²) in [5.41, 5.74) is 8.31. The molecule has 0 heterocycles. The number of anilines is 1. The van der Waals surface area contributed by atoms with Gasteiger partial charge in [0.1, 0.15) is 0 Å². The van der Waals surface area contributed by atoms with E-state index in [1.54, 1.807) is 0 Å². The molecule has 0 spiro atoms. The molecule has 0 atom stereocenters. The number of hydrogen-bond acceptors (Lipinski definition) is 1. The van der Waals surface area contributed by atoms with Crippen LogP contribution in [0.5, 0.6) is 0 Å². The van der Waals surface area contributed by atoms with Gasteiger partial charge in [-0.2, -0.15) is 0 Å². The van der Waals surface area contributed by atoms with Gasteiger partial charge in [0, 0.05) is 10.2 Å². The van der Waals surface area contributed by atoms with E-state index in [0.717, 1.165) is 10.2 Å². The number of nitrogen functional groups attached to an aromatic ring is 1. The molecule has 0 radical (unpaired) electrons. The van der Waals surface area contributed by atoms with E-state index in [1.807, 2.05) is 12.1 Å². The maximum Gasteiger partial charge on any atom is 0.0325 e. The molecule has 1 aliphatic rings. The molecule has 0 unspecified atom stereocenters. The van der Waals surface area contributed by atoms with E-state index in [1.165, 1.54) is 18.4 Å². The third kappa shape index (κ3) is 1.24. The monoisotopic (exact) mass is 225 g/mol. The minimum absolute atomic E-state index is 0.423. The van der Waals surface area contributed by atoms with Crippen LogP contribution < -0.4 is 5.73 Å². The van der Waals surface area contributed by atoms with E-state index in [2.05, 4.69) is 28.9 Å². The lowest BCUT2D eigenvalue weighted by atomic mass is 9.98. The Morgan fingerprint density at radius 1 is 1.42 bits per heavy atom. The summed E-state index contributed by atoms with van der Waals surface area (Å²) in [6, 6.07) is 6.09. The summed E-state index contributed by atoms with van der Waals surface area (Å²) in [5, 5.41) is 0. The van der Waals surface area contributed by atoms with Crippen molar-refractivity contribution < 1.29 is 0 Å². The SMILES string of the molecule is CC1(c2ccc(N)cc2Br)CC1. The van der Waals surface area contributed by atoms with Crippen molar-refractivity contribution in [3.63, 3.8) is 0 Å². The first-order chi connectivity index (χ1) is 5.62. The molecule has 1 aromatic rings. The highest BCUT2D eigenvalue weighted by molar-refractivity contribution is 9.10. The molecule has 0 saturated heterocycles. The van der Waals surface area contributed by atoms with Crippen molar-refractivity contribution in [3.8, 4) is 0 Å². The molecule has 1 aliphatic carbocycles. The summed E-state index contributed by atoms with van der Waals surface area (Å²) in [7, 11) is 0. The highest BCUT2D eigenvalue weighted by atomic mass is 79.9. The first-order valence-electron chi connectivity index (χ1n) is 4.17.